The van der Waals surface area contributed by atoms with Gasteiger partial charge >= 0.3 is 5.97 Å². The molecular weight excluding hydrogens is 857 g/mol. The molecule has 0 amide bonds. The Bertz CT molecular complexity index is 2070. The summed E-state index contributed by atoms with van der Waals surface area (Å²) in [5.41, 5.74) is 10.1. The minimum absolute atomic E-state index is 0.0211. The molecule has 9 aliphatic rings. The van der Waals surface area contributed by atoms with E-state index in [0.717, 1.165) is 113 Å². The number of nitrogens with zero attached hydrogens (tertiary/aromatic N) is 3. The van der Waals surface area contributed by atoms with Gasteiger partial charge in [0.2, 0.25) is 0 Å². The third-order valence-electron chi connectivity index (χ3n) is 20.4. The van der Waals surface area contributed by atoms with E-state index in [4.69, 9.17) is 19.7 Å². The maximum atomic E-state index is 13.0. The number of carbonyl (C=O) groups is 1. The first-order valence-corrected chi connectivity index (χ1v) is 30.2. The van der Waals surface area contributed by atoms with Gasteiger partial charge in [-0.25, -0.2) is 0 Å². The summed E-state index contributed by atoms with van der Waals surface area (Å²) < 4.78 is 6.20. The van der Waals surface area contributed by atoms with Gasteiger partial charge in [0.1, 0.15) is 6.10 Å². The second-order valence-corrected chi connectivity index (χ2v) is 25.7. The zero-order valence-electron chi connectivity index (χ0n) is 45.3. The molecule has 70 heavy (non-hydrogen) atoms. The molecule has 3 saturated carbocycles. The first kappa shape index (κ1) is 51.9. The number of fused-ring (bicyclic) bond motifs is 11. The van der Waals surface area contributed by atoms with Crippen LogP contribution < -0.4 is 5.32 Å². The first-order valence-electron chi connectivity index (χ1n) is 30.2. The third kappa shape index (κ3) is 12.5. The van der Waals surface area contributed by atoms with Gasteiger partial charge in [-0.15, -0.1) is 0 Å². The zero-order valence-corrected chi connectivity index (χ0v) is 45.3. The number of hydrogen-bond acceptors (Lipinski definition) is 6. The van der Waals surface area contributed by atoms with Crippen LogP contribution in [0.3, 0.4) is 0 Å². The molecule has 10 atom stereocenters. The van der Waals surface area contributed by atoms with E-state index in [1.807, 2.05) is 0 Å². The monoisotopic (exact) mass is 955 g/mol. The first-order chi connectivity index (χ1) is 34.0. The molecule has 386 valence electrons. The third-order valence-corrected chi connectivity index (χ3v) is 20.4. The van der Waals surface area contributed by atoms with E-state index in [0.29, 0.717) is 23.3 Å². The summed E-state index contributed by atoms with van der Waals surface area (Å²) in [7, 11) is 0. The van der Waals surface area contributed by atoms with Crippen molar-refractivity contribution in [2.75, 3.05) is 0 Å². The lowest BCUT2D eigenvalue weighted by molar-refractivity contribution is -0.151. The molecule has 8 bridgehead atoms. The normalized spacial score (nSPS) is 33.7. The fourth-order valence-electron chi connectivity index (χ4n) is 16.4. The highest BCUT2D eigenvalue weighted by Gasteiger charge is 2.59. The Labute approximate surface area is 427 Å². The molecule has 4 fully saturated rings. The smallest absolute Gasteiger partial charge is 0.306 e. The Kier molecular flexibility index (Phi) is 17.7. The van der Waals surface area contributed by atoms with Gasteiger partial charge in [-0.05, 0) is 199 Å². The van der Waals surface area contributed by atoms with Crippen molar-refractivity contribution in [3.05, 3.63) is 59.1 Å². The molecule has 1 N–H and O–H groups in total. The second kappa shape index (κ2) is 23.9. The van der Waals surface area contributed by atoms with Crippen molar-refractivity contribution in [3.63, 3.8) is 0 Å². The predicted octanol–water partition coefficient (Wildman–Crippen LogP) is 17.2. The lowest BCUT2D eigenvalue weighted by Crippen LogP contribution is -2.51. The van der Waals surface area contributed by atoms with E-state index in [9.17, 15) is 4.79 Å². The average Bonchev–Trinajstić information content (AvgIpc) is 4.20. The molecule has 0 radical (unpaired) electrons. The van der Waals surface area contributed by atoms with Crippen molar-refractivity contribution < 1.29 is 9.53 Å². The number of carbonyl (C=O) groups excluding carboxylic acids is 1. The lowest BCUT2D eigenvalue weighted by Gasteiger charge is -2.58. The van der Waals surface area contributed by atoms with Gasteiger partial charge in [0.05, 0.1) is 11.6 Å². The van der Waals surface area contributed by atoms with Crippen LogP contribution in [0.5, 0.6) is 0 Å². The Morgan fingerprint density at radius 3 is 2.24 bits per heavy atom. The number of aliphatic imine (C=N–C) groups is 3. The molecule has 4 aliphatic carbocycles. The number of esters is 1. The quantitative estimate of drug-likeness (QED) is 0.0630. The molecule has 2 unspecified atom stereocenters. The van der Waals surface area contributed by atoms with Crippen LogP contribution in [-0.2, 0) is 9.53 Å². The molecule has 6 heteroatoms. The van der Waals surface area contributed by atoms with E-state index in [2.05, 4.69) is 76.4 Å². The molecule has 5 aliphatic heterocycles. The van der Waals surface area contributed by atoms with Crippen molar-refractivity contribution >= 4 is 23.1 Å². The topological polar surface area (TPSA) is 75.4 Å². The average molecular weight is 956 g/mol. The van der Waals surface area contributed by atoms with Crippen LogP contribution in [0.15, 0.2) is 74.1 Å². The van der Waals surface area contributed by atoms with Gasteiger partial charge < -0.3 is 10.1 Å². The molecule has 9 rings (SSSR count). The lowest BCUT2D eigenvalue weighted by atomic mass is 9.47. The number of allylic oxidation sites excluding steroid dienone is 9. The van der Waals surface area contributed by atoms with E-state index in [-0.39, 0.29) is 17.6 Å². The molecular formula is C64H98N4O2. The van der Waals surface area contributed by atoms with E-state index in [1.165, 1.54) is 169 Å². The van der Waals surface area contributed by atoms with Gasteiger partial charge in [0.25, 0.3) is 0 Å². The van der Waals surface area contributed by atoms with Crippen LogP contribution in [0.2, 0.25) is 0 Å². The minimum atomic E-state index is -0.0211. The number of hydrogen-bond donors (Lipinski definition) is 1. The molecule has 0 spiro atoms. The summed E-state index contributed by atoms with van der Waals surface area (Å²) in [5, 5.41) is 3.70. The van der Waals surface area contributed by atoms with E-state index >= 15 is 0 Å². The van der Waals surface area contributed by atoms with Crippen molar-refractivity contribution in [1.29, 1.82) is 0 Å². The fraction of sp³-hybridized carbons (Fsp3) is 0.781. The summed E-state index contributed by atoms with van der Waals surface area (Å²) in [6.07, 6.45) is 55.6. The number of unbranched alkanes of at least 4 members (excludes halogenated alkanes) is 11. The summed E-state index contributed by atoms with van der Waals surface area (Å²) in [6, 6.07) is 0.317. The highest BCUT2D eigenvalue weighted by atomic mass is 16.5. The number of nitrogens with one attached hydrogen (secondary N) is 1. The van der Waals surface area contributed by atoms with Gasteiger partial charge in [-0.2, -0.15) is 0 Å². The van der Waals surface area contributed by atoms with E-state index in [1.54, 1.807) is 5.57 Å². The van der Waals surface area contributed by atoms with Crippen LogP contribution in [0, 0.1) is 46.3 Å². The summed E-state index contributed by atoms with van der Waals surface area (Å²) in [6.45, 7) is 12.7. The standard InChI is InChI=1S/C64H98N4O2/c1-46(2)22-21-23-47(3)57-32-33-58-56-31-25-48-42-55(36-39-62(48,4)59(56)37-40-63(57,58)5)70-61(69)24-19-17-15-13-11-9-7-6-8-10-12-14-16-18-20-38-64-41-35-54(68-64)45-52-29-28-50(66-52)43-49-26-27-51(65-49)44-53-30-34-60(64)67-53/h6-7,25,43-47,55-60,66H,8-24,26-42H2,1-5H3/b7-6-,50-43?,51-44?,52-45?/t47-,55+,56+,57-,58+,59+,60?,62+,63-,64?/m1/s1. The molecule has 0 aromatic heterocycles. The Hall–Kier alpha value is -3.02. The van der Waals surface area contributed by atoms with Gasteiger partial charge in [-0.3, -0.25) is 19.8 Å². The summed E-state index contributed by atoms with van der Waals surface area (Å²) in [5.74, 6) is 5.25. The molecule has 0 aromatic rings. The van der Waals surface area contributed by atoms with Crippen LogP contribution in [0.25, 0.3) is 0 Å². The molecule has 1 saturated heterocycles. The Balaban J connectivity index is 0.599. The summed E-state index contributed by atoms with van der Waals surface area (Å²) in [4.78, 5) is 28.9. The van der Waals surface area contributed by atoms with Crippen molar-refractivity contribution in [2.45, 2.75) is 271 Å². The molecule has 0 aromatic carbocycles. The molecule has 6 nitrogen and oxygen atoms in total. The fourth-order valence-corrected chi connectivity index (χ4v) is 16.4. The second-order valence-electron chi connectivity index (χ2n) is 25.7. The van der Waals surface area contributed by atoms with Crippen molar-refractivity contribution in [1.82, 2.24) is 5.32 Å². The predicted molar refractivity (Wildman–Crippen MR) is 294 cm³/mol. The minimum Gasteiger partial charge on any atom is -0.462 e. The number of rotatable bonds is 23. The largest absolute Gasteiger partial charge is 0.462 e. The summed E-state index contributed by atoms with van der Waals surface area (Å²) >= 11 is 0. The SMILES string of the molecule is CC(C)CCC[C@@H](C)[C@H]1CC[C@H]2[C@@H]3CC=C4C[C@@H](OC(=O)CCCCCCC/C=C\CCCCCCCCC56CCC(=N5)C=C5CCC(=CC7=NC(=CC8=NC6CC8)CC7)N5)CC[C@]4(C)[C@H]3CC[C@]12C. The van der Waals surface area contributed by atoms with Gasteiger partial charge in [-0.1, -0.05) is 129 Å². The zero-order chi connectivity index (χ0) is 48.6. The number of ether oxygens (including phenoxy) is 1. The maximum absolute atomic E-state index is 13.0. The van der Waals surface area contributed by atoms with Crippen molar-refractivity contribution in [3.8, 4) is 0 Å². The van der Waals surface area contributed by atoms with Gasteiger partial charge in [0.15, 0.2) is 0 Å². The Morgan fingerprint density at radius 1 is 0.714 bits per heavy atom. The van der Waals surface area contributed by atoms with Gasteiger partial charge in [0, 0.05) is 47.1 Å². The van der Waals surface area contributed by atoms with Crippen molar-refractivity contribution in [2.24, 2.45) is 61.3 Å². The Morgan fingerprint density at radius 2 is 1.46 bits per heavy atom. The highest BCUT2D eigenvalue weighted by Crippen LogP contribution is 2.67. The van der Waals surface area contributed by atoms with Crippen LogP contribution in [-0.4, -0.2) is 40.8 Å². The van der Waals surface area contributed by atoms with E-state index < -0.39 is 0 Å². The van der Waals surface area contributed by atoms with Crippen LogP contribution in [0.4, 0.5) is 0 Å². The van der Waals surface area contributed by atoms with Crippen LogP contribution >= 0.6 is 0 Å². The van der Waals surface area contributed by atoms with Crippen LogP contribution in [0.1, 0.15) is 253 Å². The maximum Gasteiger partial charge on any atom is 0.306 e. The highest BCUT2D eigenvalue weighted by molar-refractivity contribution is 6.02. The molecule has 5 heterocycles.